The zero-order valence-corrected chi connectivity index (χ0v) is 12.1. The van der Waals surface area contributed by atoms with Crippen molar-refractivity contribution >= 4 is 0 Å². The highest BCUT2D eigenvalue weighted by molar-refractivity contribution is 5.18. The fourth-order valence-corrected chi connectivity index (χ4v) is 3.83. The molecule has 3 aliphatic rings. The first-order chi connectivity index (χ1) is 9.83. The van der Waals surface area contributed by atoms with Crippen LogP contribution in [0.5, 0.6) is 0 Å². The third-order valence-corrected chi connectivity index (χ3v) is 5.35. The van der Waals surface area contributed by atoms with Gasteiger partial charge in [-0.15, -0.1) is 0 Å². The van der Waals surface area contributed by atoms with Gasteiger partial charge in [0.15, 0.2) is 0 Å². The van der Waals surface area contributed by atoms with Crippen LogP contribution in [0.25, 0.3) is 0 Å². The second-order valence-corrected chi connectivity index (χ2v) is 6.93. The van der Waals surface area contributed by atoms with Crippen LogP contribution in [0.1, 0.15) is 43.6 Å². The van der Waals surface area contributed by atoms with Crippen molar-refractivity contribution in [2.75, 3.05) is 26.2 Å². The Hall–Kier alpha value is -0.930. The van der Waals surface area contributed by atoms with E-state index in [1.165, 1.54) is 57.3 Å². The SMILES string of the molecule is c1cncc([C@@H]2COC3(CCN(CC4CC4)CC3)C2)c1. The molecular formula is C17H24N2O. The summed E-state index contributed by atoms with van der Waals surface area (Å²) in [5, 5.41) is 0. The number of hydrogen-bond acceptors (Lipinski definition) is 3. The van der Waals surface area contributed by atoms with Crippen molar-refractivity contribution in [2.24, 2.45) is 5.92 Å². The van der Waals surface area contributed by atoms with Crippen LogP contribution in [-0.2, 0) is 4.74 Å². The minimum Gasteiger partial charge on any atom is -0.374 e. The lowest BCUT2D eigenvalue weighted by atomic mass is 9.83. The molecule has 1 aliphatic carbocycles. The third kappa shape index (κ3) is 2.61. The van der Waals surface area contributed by atoms with E-state index in [-0.39, 0.29) is 5.60 Å². The van der Waals surface area contributed by atoms with Gasteiger partial charge in [0, 0.05) is 37.9 Å². The summed E-state index contributed by atoms with van der Waals surface area (Å²) in [7, 11) is 0. The molecule has 2 aliphatic heterocycles. The second-order valence-electron chi connectivity index (χ2n) is 6.93. The standard InChI is InChI=1S/C17H24N2O/c1-2-15(11-18-7-1)16-10-17(20-13-16)5-8-19(9-6-17)12-14-3-4-14/h1-2,7,11,14,16H,3-6,8-10,12-13H2/t16-/m0/s1. The minimum atomic E-state index is 0.167. The molecule has 3 heterocycles. The molecule has 3 heteroatoms. The number of pyridine rings is 1. The van der Waals surface area contributed by atoms with Gasteiger partial charge in [0.05, 0.1) is 12.2 Å². The molecule has 1 atom stereocenters. The molecule has 0 amide bonds. The van der Waals surface area contributed by atoms with Crippen LogP contribution >= 0.6 is 0 Å². The monoisotopic (exact) mass is 272 g/mol. The van der Waals surface area contributed by atoms with Gasteiger partial charge in [0.25, 0.3) is 0 Å². The lowest BCUT2D eigenvalue weighted by Gasteiger charge is -2.38. The average molecular weight is 272 g/mol. The molecule has 0 N–H and O–H groups in total. The molecule has 3 nitrogen and oxygen atoms in total. The van der Waals surface area contributed by atoms with Crippen molar-refractivity contribution in [2.45, 2.75) is 43.6 Å². The number of likely N-dealkylation sites (tertiary alicyclic amines) is 1. The summed E-state index contributed by atoms with van der Waals surface area (Å²) in [5.74, 6) is 1.57. The molecule has 3 fully saturated rings. The van der Waals surface area contributed by atoms with Gasteiger partial charge in [-0.1, -0.05) is 6.07 Å². The molecule has 1 saturated carbocycles. The summed E-state index contributed by atoms with van der Waals surface area (Å²) in [6.07, 6.45) is 10.4. The Morgan fingerprint density at radius 2 is 2.15 bits per heavy atom. The predicted molar refractivity (Wildman–Crippen MR) is 78.7 cm³/mol. The molecule has 20 heavy (non-hydrogen) atoms. The molecular weight excluding hydrogens is 248 g/mol. The molecule has 1 aromatic rings. The Morgan fingerprint density at radius 3 is 2.85 bits per heavy atom. The van der Waals surface area contributed by atoms with E-state index >= 15 is 0 Å². The van der Waals surface area contributed by atoms with E-state index in [1.807, 2.05) is 18.5 Å². The largest absolute Gasteiger partial charge is 0.374 e. The highest BCUT2D eigenvalue weighted by atomic mass is 16.5. The molecule has 0 bridgehead atoms. The summed E-state index contributed by atoms with van der Waals surface area (Å²) < 4.78 is 6.26. The van der Waals surface area contributed by atoms with E-state index in [0.29, 0.717) is 5.92 Å². The fraction of sp³-hybridized carbons (Fsp3) is 0.706. The number of hydrogen-bond donors (Lipinski definition) is 0. The van der Waals surface area contributed by atoms with Gasteiger partial charge in [0.1, 0.15) is 0 Å². The summed E-state index contributed by atoms with van der Waals surface area (Å²) in [6.45, 7) is 4.68. The smallest absolute Gasteiger partial charge is 0.0713 e. The molecule has 1 spiro atoms. The Labute approximate surface area is 121 Å². The number of aromatic nitrogens is 1. The van der Waals surface area contributed by atoms with Gasteiger partial charge < -0.3 is 9.64 Å². The van der Waals surface area contributed by atoms with E-state index < -0.39 is 0 Å². The first-order valence-electron chi connectivity index (χ1n) is 8.09. The number of rotatable bonds is 3. The van der Waals surface area contributed by atoms with Crippen LogP contribution in [0.2, 0.25) is 0 Å². The molecule has 0 unspecified atom stereocenters. The van der Waals surface area contributed by atoms with Crippen molar-refractivity contribution < 1.29 is 4.74 Å². The van der Waals surface area contributed by atoms with Crippen LogP contribution in [0.3, 0.4) is 0 Å². The van der Waals surface area contributed by atoms with Gasteiger partial charge in [-0.05, 0) is 49.7 Å². The van der Waals surface area contributed by atoms with Crippen LogP contribution in [-0.4, -0.2) is 41.7 Å². The quantitative estimate of drug-likeness (QED) is 0.846. The molecule has 0 radical (unpaired) electrons. The lowest BCUT2D eigenvalue weighted by Crippen LogP contribution is -2.44. The summed E-state index contributed by atoms with van der Waals surface area (Å²) in [6, 6.07) is 4.24. The highest BCUT2D eigenvalue weighted by Gasteiger charge is 2.43. The number of piperidine rings is 1. The topological polar surface area (TPSA) is 25.4 Å². The van der Waals surface area contributed by atoms with Gasteiger partial charge in [0.2, 0.25) is 0 Å². The van der Waals surface area contributed by atoms with Crippen molar-refractivity contribution in [3.05, 3.63) is 30.1 Å². The van der Waals surface area contributed by atoms with E-state index in [9.17, 15) is 0 Å². The molecule has 0 aromatic carbocycles. The highest BCUT2D eigenvalue weighted by Crippen LogP contribution is 2.43. The maximum absolute atomic E-state index is 6.26. The Bertz CT molecular complexity index is 449. The first kappa shape index (κ1) is 12.8. The van der Waals surface area contributed by atoms with Gasteiger partial charge in [-0.3, -0.25) is 4.98 Å². The third-order valence-electron chi connectivity index (χ3n) is 5.35. The molecule has 4 rings (SSSR count). The van der Waals surface area contributed by atoms with E-state index in [0.717, 1.165) is 12.5 Å². The normalized spacial score (nSPS) is 29.9. The van der Waals surface area contributed by atoms with Crippen LogP contribution in [0, 0.1) is 5.92 Å². The van der Waals surface area contributed by atoms with E-state index in [1.54, 1.807) is 0 Å². The van der Waals surface area contributed by atoms with Crippen molar-refractivity contribution in [3.63, 3.8) is 0 Å². The van der Waals surface area contributed by atoms with Crippen LogP contribution in [0.4, 0.5) is 0 Å². The summed E-state index contributed by atoms with van der Waals surface area (Å²) >= 11 is 0. The second kappa shape index (κ2) is 5.12. The maximum atomic E-state index is 6.26. The molecule has 2 saturated heterocycles. The maximum Gasteiger partial charge on any atom is 0.0713 e. The van der Waals surface area contributed by atoms with Crippen molar-refractivity contribution in [1.82, 2.24) is 9.88 Å². The number of ether oxygens (including phenoxy) is 1. The van der Waals surface area contributed by atoms with E-state index in [4.69, 9.17) is 4.74 Å². The van der Waals surface area contributed by atoms with Crippen LogP contribution in [0.15, 0.2) is 24.5 Å². The molecule has 108 valence electrons. The number of nitrogens with zero attached hydrogens (tertiary/aromatic N) is 2. The zero-order chi connectivity index (χ0) is 13.4. The molecule has 1 aromatic heterocycles. The fourth-order valence-electron chi connectivity index (χ4n) is 3.83. The van der Waals surface area contributed by atoms with E-state index in [2.05, 4.69) is 16.0 Å². The Morgan fingerprint density at radius 1 is 1.30 bits per heavy atom. The van der Waals surface area contributed by atoms with Crippen molar-refractivity contribution in [3.8, 4) is 0 Å². The Balaban J connectivity index is 1.36. The zero-order valence-electron chi connectivity index (χ0n) is 12.1. The first-order valence-corrected chi connectivity index (χ1v) is 8.09. The van der Waals surface area contributed by atoms with Crippen LogP contribution < -0.4 is 0 Å². The van der Waals surface area contributed by atoms with Gasteiger partial charge in [-0.2, -0.15) is 0 Å². The predicted octanol–water partition coefficient (Wildman–Crippen LogP) is 2.83. The minimum absolute atomic E-state index is 0.167. The summed E-state index contributed by atoms with van der Waals surface area (Å²) in [4.78, 5) is 6.91. The van der Waals surface area contributed by atoms with Crippen molar-refractivity contribution in [1.29, 1.82) is 0 Å². The average Bonchev–Trinajstić information content (AvgIpc) is 3.22. The lowest BCUT2D eigenvalue weighted by molar-refractivity contribution is -0.0440. The van der Waals surface area contributed by atoms with Gasteiger partial charge >= 0.3 is 0 Å². The van der Waals surface area contributed by atoms with Gasteiger partial charge in [-0.25, -0.2) is 0 Å². The summed E-state index contributed by atoms with van der Waals surface area (Å²) in [5.41, 5.74) is 1.52. The Kier molecular flexibility index (Phi) is 3.27.